The van der Waals surface area contributed by atoms with Crippen LogP contribution in [0.2, 0.25) is 0 Å². The van der Waals surface area contributed by atoms with E-state index >= 15 is 0 Å². The Bertz CT molecular complexity index is 353. The molecule has 1 heterocycles. The van der Waals surface area contributed by atoms with E-state index in [0.29, 0.717) is 6.04 Å². The van der Waals surface area contributed by atoms with Gasteiger partial charge in [-0.3, -0.25) is 0 Å². The molecule has 1 unspecified atom stereocenters. The van der Waals surface area contributed by atoms with Gasteiger partial charge in [-0.2, -0.15) is 0 Å². The third kappa shape index (κ3) is 4.64. The van der Waals surface area contributed by atoms with E-state index in [2.05, 4.69) is 28.8 Å². The maximum Gasteiger partial charge on any atom is 0.108 e. The van der Waals surface area contributed by atoms with Gasteiger partial charge in [0.15, 0.2) is 0 Å². The van der Waals surface area contributed by atoms with E-state index in [1.54, 1.807) is 0 Å². The summed E-state index contributed by atoms with van der Waals surface area (Å²) in [6.45, 7) is 3.30. The number of aromatic nitrogens is 2. The molecule has 1 aliphatic rings. The lowest BCUT2D eigenvalue weighted by Crippen LogP contribution is -2.32. The smallest absolute Gasteiger partial charge is 0.108 e. The number of aryl methyl sites for hydroxylation is 2. The molecule has 19 heavy (non-hydrogen) atoms. The number of imidazole rings is 1. The minimum absolute atomic E-state index is 0.671. The summed E-state index contributed by atoms with van der Waals surface area (Å²) in [7, 11) is 2.09. The molecule has 1 aromatic rings. The molecular formula is C16H29N3. The Hall–Kier alpha value is -0.830. The highest BCUT2D eigenvalue weighted by atomic mass is 15.0. The van der Waals surface area contributed by atoms with Crippen molar-refractivity contribution in [3.8, 4) is 0 Å². The zero-order valence-corrected chi connectivity index (χ0v) is 12.6. The molecule has 1 fully saturated rings. The number of nitrogens with zero attached hydrogens (tertiary/aromatic N) is 2. The molecule has 0 saturated heterocycles. The molecule has 3 heteroatoms. The van der Waals surface area contributed by atoms with Gasteiger partial charge in [-0.05, 0) is 25.3 Å². The van der Waals surface area contributed by atoms with Crippen molar-refractivity contribution >= 4 is 0 Å². The van der Waals surface area contributed by atoms with Crippen LogP contribution in [0.4, 0.5) is 0 Å². The van der Waals surface area contributed by atoms with Gasteiger partial charge in [0.2, 0.25) is 0 Å². The van der Waals surface area contributed by atoms with Gasteiger partial charge < -0.3 is 9.88 Å². The van der Waals surface area contributed by atoms with Crippen LogP contribution in [0.3, 0.4) is 0 Å². The van der Waals surface area contributed by atoms with Gasteiger partial charge in [-0.15, -0.1) is 0 Å². The fraction of sp³-hybridized carbons (Fsp3) is 0.812. The molecule has 1 saturated carbocycles. The third-order valence-corrected chi connectivity index (χ3v) is 4.47. The molecule has 1 atom stereocenters. The van der Waals surface area contributed by atoms with E-state index in [-0.39, 0.29) is 0 Å². The van der Waals surface area contributed by atoms with Crippen molar-refractivity contribution in [1.82, 2.24) is 14.9 Å². The normalized spacial score (nSPS) is 18.6. The molecule has 0 spiro atoms. The second-order valence-corrected chi connectivity index (χ2v) is 5.99. The summed E-state index contributed by atoms with van der Waals surface area (Å²) in [6.07, 6.45) is 14.9. The second kappa shape index (κ2) is 7.68. The van der Waals surface area contributed by atoms with Gasteiger partial charge in [-0.25, -0.2) is 4.98 Å². The van der Waals surface area contributed by atoms with Crippen LogP contribution in [0.15, 0.2) is 12.4 Å². The molecule has 2 rings (SSSR count). The fourth-order valence-corrected chi connectivity index (χ4v) is 3.36. The topological polar surface area (TPSA) is 29.9 Å². The van der Waals surface area contributed by atoms with Crippen LogP contribution >= 0.6 is 0 Å². The summed E-state index contributed by atoms with van der Waals surface area (Å²) in [5.41, 5.74) is 0. The monoisotopic (exact) mass is 263 g/mol. The van der Waals surface area contributed by atoms with Crippen molar-refractivity contribution < 1.29 is 0 Å². The number of hydrogen-bond donors (Lipinski definition) is 1. The van der Waals surface area contributed by atoms with Crippen molar-refractivity contribution in [3.63, 3.8) is 0 Å². The molecule has 1 N–H and O–H groups in total. The summed E-state index contributed by atoms with van der Waals surface area (Å²) in [5.74, 6) is 2.17. The maximum atomic E-state index is 4.43. The van der Waals surface area contributed by atoms with Crippen molar-refractivity contribution in [2.75, 3.05) is 6.54 Å². The molecule has 0 bridgehead atoms. The van der Waals surface area contributed by atoms with Crippen LogP contribution in [0, 0.1) is 5.92 Å². The number of nitrogens with one attached hydrogen (secondary N) is 1. The summed E-state index contributed by atoms with van der Waals surface area (Å²) < 4.78 is 2.14. The second-order valence-electron chi connectivity index (χ2n) is 5.99. The summed E-state index contributed by atoms with van der Waals surface area (Å²) in [5, 5.41) is 3.67. The first-order chi connectivity index (χ1) is 9.29. The first kappa shape index (κ1) is 14.6. The van der Waals surface area contributed by atoms with Crippen molar-refractivity contribution in [2.24, 2.45) is 13.0 Å². The summed E-state index contributed by atoms with van der Waals surface area (Å²) in [6, 6.07) is 0.671. The molecule has 1 aliphatic carbocycles. The van der Waals surface area contributed by atoms with E-state index in [9.17, 15) is 0 Å². The van der Waals surface area contributed by atoms with Crippen LogP contribution in [-0.2, 0) is 13.5 Å². The van der Waals surface area contributed by atoms with E-state index in [0.717, 1.165) is 18.9 Å². The minimum atomic E-state index is 0.671. The highest BCUT2D eigenvalue weighted by Crippen LogP contribution is 2.28. The molecule has 3 nitrogen and oxygen atoms in total. The molecule has 108 valence electrons. The van der Waals surface area contributed by atoms with Crippen LogP contribution in [0.25, 0.3) is 0 Å². The first-order valence-electron chi connectivity index (χ1n) is 7.99. The lowest BCUT2D eigenvalue weighted by atomic mass is 9.84. The Morgan fingerprint density at radius 1 is 1.37 bits per heavy atom. The van der Waals surface area contributed by atoms with E-state index in [1.807, 2.05) is 12.4 Å². The largest absolute Gasteiger partial charge is 0.338 e. The van der Waals surface area contributed by atoms with Crippen molar-refractivity contribution in [1.29, 1.82) is 0 Å². The Labute approximate surface area is 117 Å². The van der Waals surface area contributed by atoms with Gasteiger partial charge in [0.1, 0.15) is 5.82 Å². The van der Waals surface area contributed by atoms with Crippen LogP contribution in [0.1, 0.15) is 57.7 Å². The maximum absolute atomic E-state index is 4.43. The van der Waals surface area contributed by atoms with Crippen LogP contribution in [0.5, 0.6) is 0 Å². The van der Waals surface area contributed by atoms with Gasteiger partial charge >= 0.3 is 0 Å². The molecule has 0 aliphatic heterocycles. The zero-order chi connectivity index (χ0) is 13.5. The lowest BCUT2D eigenvalue weighted by molar-refractivity contribution is 0.292. The quantitative estimate of drug-likeness (QED) is 0.818. The van der Waals surface area contributed by atoms with Crippen LogP contribution in [-0.4, -0.2) is 22.1 Å². The molecule has 0 radical (unpaired) electrons. The molecular weight excluding hydrogens is 234 g/mol. The van der Waals surface area contributed by atoms with Gasteiger partial charge in [0.05, 0.1) is 0 Å². The van der Waals surface area contributed by atoms with Gasteiger partial charge in [0.25, 0.3) is 0 Å². The summed E-state index contributed by atoms with van der Waals surface area (Å²) in [4.78, 5) is 4.43. The van der Waals surface area contributed by atoms with E-state index in [4.69, 9.17) is 0 Å². The molecule has 0 aromatic carbocycles. The Balaban J connectivity index is 1.79. The lowest BCUT2D eigenvalue weighted by Gasteiger charge is -2.27. The van der Waals surface area contributed by atoms with E-state index < -0.39 is 0 Å². The fourth-order valence-electron chi connectivity index (χ4n) is 3.36. The number of hydrogen-bond acceptors (Lipinski definition) is 2. The predicted octanol–water partition coefficient (Wildman–Crippen LogP) is 3.30. The Morgan fingerprint density at radius 2 is 2.16 bits per heavy atom. The minimum Gasteiger partial charge on any atom is -0.338 e. The SMILES string of the molecule is CCNC(CCc1nccn1C)CC1CCCCC1. The number of rotatable bonds is 7. The highest BCUT2D eigenvalue weighted by molar-refractivity contribution is 4.92. The first-order valence-corrected chi connectivity index (χ1v) is 7.99. The summed E-state index contributed by atoms with van der Waals surface area (Å²) >= 11 is 0. The van der Waals surface area contributed by atoms with Crippen molar-refractivity contribution in [2.45, 2.75) is 64.3 Å². The zero-order valence-electron chi connectivity index (χ0n) is 12.6. The van der Waals surface area contributed by atoms with Gasteiger partial charge in [0, 0.05) is 31.9 Å². The van der Waals surface area contributed by atoms with E-state index in [1.165, 1.54) is 50.8 Å². The predicted molar refractivity (Wildman–Crippen MR) is 80.2 cm³/mol. The van der Waals surface area contributed by atoms with Crippen LogP contribution < -0.4 is 5.32 Å². The molecule has 1 aromatic heterocycles. The molecule has 0 amide bonds. The third-order valence-electron chi connectivity index (χ3n) is 4.47. The Kier molecular flexibility index (Phi) is 5.90. The Morgan fingerprint density at radius 3 is 2.79 bits per heavy atom. The van der Waals surface area contributed by atoms with Crippen molar-refractivity contribution in [3.05, 3.63) is 18.2 Å². The average Bonchev–Trinajstić information content (AvgIpc) is 2.83. The average molecular weight is 263 g/mol. The van der Waals surface area contributed by atoms with Gasteiger partial charge in [-0.1, -0.05) is 39.0 Å². The standard InChI is InChI=1S/C16H29N3/c1-3-17-15(13-14-7-5-4-6-8-14)9-10-16-18-11-12-19(16)2/h11-12,14-15,17H,3-10,13H2,1-2H3. The highest BCUT2D eigenvalue weighted by Gasteiger charge is 2.18.